The summed E-state index contributed by atoms with van der Waals surface area (Å²) in [5.41, 5.74) is 0.249. The smallest absolute Gasteiger partial charge is 0.0601 e. The summed E-state index contributed by atoms with van der Waals surface area (Å²) in [5, 5.41) is 0. The molecule has 0 saturated carbocycles. The predicted octanol–water partition coefficient (Wildman–Crippen LogP) is 5.07. The highest BCUT2D eigenvalue weighted by atomic mass is 14.9. The SMILES string of the molecule is CCC(CC)(CC)N=CC=NC(CC)(CC)CC. The van der Waals surface area contributed by atoms with Gasteiger partial charge in [-0.1, -0.05) is 41.5 Å². The molecule has 106 valence electrons. The van der Waals surface area contributed by atoms with Crippen molar-refractivity contribution in [3.05, 3.63) is 0 Å². The molecular weight excluding hydrogens is 220 g/mol. The van der Waals surface area contributed by atoms with Gasteiger partial charge in [0.25, 0.3) is 0 Å². The van der Waals surface area contributed by atoms with Crippen LogP contribution in [0, 0.1) is 0 Å². The molecule has 0 spiro atoms. The Morgan fingerprint density at radius 3 is 0.944 bits per heavy atom. The van der Waals surface area contributed by atoms with Crippen molar-refractivity contribution < 1.29 is 0 Å². The molecule has 0 aliphatic rings. The van der Waals surface area contributed by atoms with E-state index in [0.717, 1.165) is 38.5 Å². The molecule has 0 aliphatic heterocycles. The molecule has 0 fully saturated rings. The van der Waals surface area contributed by atoms with Crippen molar-refractivity contribution in [1.29, 1.82) is 0 Å². The van der Waals surface area contributed by atoms with Crippen LogP contribution >= 0.6 is 0 Å². The first-order chi connectivity index (χ1) is 8.57. The molecular formula is C16H32N2. The van der Waals surface area contributed by atoms with Gasteiger partial charge in [0, 0.05) is 12.4 Å². The third-order valence-electron chi connectivity index (χ3n) is 4.71. The van der Waals surface area contributed by atoms with Crippen LogP contribution in [-0.2, 0) is 0 Å². The summed E-state index contributed by atoms with van der Waals surface area (Å²) in [7, 11) is 0. The first-order valence-electron chi connectivity index (χ1n) is 7.66. The van der Waals surface area contributed by atoms with Crippen molar-refractivity contribution in [2.24, 2.45) is 9.98 Å². The summed E-state index contributed by atoms with van der Waals surface area (Å²) in [6, 6.07) is 0. The van der Waals surface area contributed by atoms with Crippen molar-refractivity contribution >= 4 is 12.4 Å². The zero-order chi connectivity index (χ0) is 14.1. The van der Waals surface area contributed by atoms with E-state index in [1.54, 1.807) is 0 Å². The topological polar surface area (TPSA) is 24.7 Å². The molecule has 0 aromatic heterocycles. The molecule has 0 saturated heterocycles. The van der Waals surface area contributed by atoms with E-state index in [9.17, 15) is 0 Å². The maximum atomic E-state index is 4.74. The summed E-state index contributed by atoms with van der Waals surface area (Å²) < 4.78 is 0. The van der Waals surface area contributed by atoms with E-state index in [1.165, 1.54) is 0 Å². The highest BCUT2D eigenvalue weighted by Gasteiger charge is 2.22. The van der Waals surface area contributed by atoms with E-state index >= 15 is 0 Å². The van der Waals surface area contributed by atoms with E-state index < -0.39 is 0 Å². The molecule has 0 aromatic carbocycles. The van der Waals surface area contributed by atoms with Crippen molar-refractivity contribution in [3.8, 4) is 0 Å². The van der Waals surface area contributed by atoms with Crippen LogP contribution in [0.4, 0.5) is 0 Å². The summed E-state index contributed by atoms with van der Waals surface area (Å²) in [6.07, 6.45) is 10.5. The van der Waals surface area contributed by atoms with Crippen LogP contribution in [0.3, 0.4) is 0 Å². The minimum atomic E-state index is 0.124. The Balaban J connectivity index is 4.72. The molecule has 2 nitrogen and oxygen atoms in total. The zero-order valence-corrected chi connectivity index (χ0v) is 13.3. The molecule has 2 heteroatoms. The summed E-state index contributed by atoms with van der Waals surface area (Å²) in [5.74, 6) is 0. The second kappa shape index (κ2) is 8.44. The van der Waals surface area contributed by atoms with Gasteiger partial charge in [0.05, 0.1) is 11.1 Å². The molecule has 0 rings (SSSR count). The lowest BCUT2D eigenvalue weighted by Gasteiger charge is -2.26. The molecule has 0 amide bonds. The minimum Gasteiger partial charge on any atom is -0.285 e. The Kier molecular flexibility index (Phi) is 8.13. The van der Waals surface area contributed by atoms with Crippen LogP contribution in [0.5, 0.6) is 0 Å². The van der Waals surface area contributed by atoms with Gasteiger partial charge in [-0.2, -0.15) is 0 Å². The van der Waals surface area contributed by atoms with Crippen LogP contribution < -0.4 is 0 Å². The van der Waals surface area contributed by atoms with Gasteiger partial charge in [-0.15, -0.1) is 0 Å². The fraction of sp³-hybridized carbons (Fsp3) is 0.875. The van der Waals surface area contributed by atoms with Gasteiger partial charge in [0.15, 0.2) is 0 Å². The van der Waals surface area contributed by atoms with E-state index in [4.69, 9.17) is 9.98 Å². The fourth-order valence-corrected chi connectivity index (χ4v) is 2.43. The molecule has 0 atom stereocenters. The Morgan fingerprint density at radius 1 is 0.556 bits per heavy atom. The largest absolute Gasteiger partial charge is 0.285 e. The summed E-state index contributed by atoms with van der Waals surface area (Å²) >= 11 is 0. The van der Waals surface area contributed by atoms with Crippen LogP contribution in [0.25, 0.3) is 0 Å². The predicted molar refractivity (Wildman–Crippen MR) is 84.2 cm³/mol. The van der Waals surface area contributed by atoms with Crippen molar-refractivity contribution in [1.82, 2.24) is 0 Å². The minimum absolute atomic E-state index is 0.124. The zero-order valence-electron chi connectivity index (χ0n) is 13.3. The van der Waals surface area contributed by atoms with Crippen molar-refractivity contribution in [2.75, 3.05) is 0 Å². The molecule has 0 N–H and O–H groups in total. The normalized spacial score (nSPS) is 13.9. The van der Waals surface area contributed by atoms with E-state index in [-0.39, 0.29) is 11.1 Å². The maximum absolute atomic E-state index is 4.74. The number of aliphatic imine (C=N–C) groups is 2. The number of rotatable bonds is 9. The van der Waals surface area contributed by atoms with Gasteiger partial charge in [-0.3, -0.25) is 9.98 Å². The third kappa shape index (κ3) is 4.55. The first kappa shape index (κ1) is 17.3. The van der Waals surface area contributed by atoms with Crippen molar-refractivity contribution in [2.45, 2.75) is 91.1 Å². The second-order valence-corrected chi connectivity index (χ2v) is 5.13. The average molecular weight is 252 g/mol. The lowest BCUT2D eigenvalue weighted by Crippen LogP contribution is -2.25. The van der Waals surface area contributed by atoms with Gasteiger partial charge < -0.3 is 0 Å². The molecule has 0 aromatic rings. The van der Waals surface area contributed by atoms with Crippen LogP contribution in [-0.4, -0.2) is 23.5 Å². The number of hydrogen-bond acceptors (Lipinski definition) is 2. The lowest BCUT2D eigenvalue weighted by molar-refractivity contribution is 0.386. The quantitative estimate of drug-likeness (QED) is 0.512. The second-order valence-electron chi connectivity index (χ2n) is 5.13. The lowest BCUT2D eigenvalue weighted by atomic mass is 9.90. The standard InChI is InChI=1S/C16H32N2/c1-7-15(8-2,9-3)17-13-14-18-16(10-4,11-5)12-6/h13-14H,7-12H2,1-6H3. The Morgan fingerprint density at radius 2 is 0.778 bits per heavy atom. The Labute approximate surface area is 114 Å². The van der Waals surface area contributed by atoms with E-state index in [2.05, 4.69) is 41.5 Å². The van der Waals surface area contributed by atoms with Gasteiger partial charge in [0.2, 0.25) is 0 Å². The highest BCUT2D eigenvalue weighted by Crippen LogP contribution is 2.25. The van der Waals surface area contributed by atoms with E-state index in [1.807, 2.05) is 12.4 Å². The van der Waals surface area contributed by atoms with Gasteiger partial charge >= 0.3 is 0 Å². The monoisotopic (exact) mass is 252 g/mol. The highest BCUT2D eigenvalue weighted by molar-refractivity contribution is 6.16. The Hall–Kier alpha value is -0.660. The fourth-order valence-electron chi connectivity index (χ4n) is 2.43. The summed E-state index contributed by atoms with van der Waals surface area (Å²) in [6.45, 7) is 13.3. The molecule has 0 radical (unpaired) electrons. The van der Waals surface area contributed by atoms with Crippen LogP contribution in [0.1, 0.15) is 80.1 Å². The van der Waals surface area contributed by atoms with Gasteiger partial charge in [-0.05, 0) is 38.5 Å². The molecule has 18 heavy (non-hydrogen) atoms. The Bertz CT molecular complexity index is 214. The first-order valence-corrected chi connectivity index (χ1v) is 7.66. The van der Waals surface area contributed by atoms with Crippen LogP contribution in [0.2, 0.25) is 0 Å². The summed E-state index contributed by atoms with van der Waals surface area (Å²) in [4.78, 5) is 9.48. The average Bonchev–Trinajstić information content (AvgIpc) is 2.45. The van der Waals surface area contributed by atoms with Gasteiger partial charge in [0.1, 0.15) is 0 Å². The third-order valence-corrected chi connectivity index (χ3v) is 4.71. The van der Waals surface area contributed by atoms with Gasteiger partial charge in [-0.25, -0.2) is 0 Å². The van der Waals surface area contributed by atoms with E-state index in [0.29, 0.717) is 0 Å². The molecule has 0 aliphatic carbocycles. The molecule has 0 heterocycles. The molecule has 0 bridgehead atoms. The van der Waals surface area contributed by atoms with Crippen molar-refractivity contribution in [3.63, 3.8) is 0 Å². The number of hydrogen-bond donors (Lipinski definition) is 0. The maximum Gasteiger partial charge on any atom is 0.0601 e. The van der Waals surface area contributed by atoms with Crippen LogP contribution in [0.15, 0.2) is 9.98 Å². The number of nitrogens with zero attached hydrogens (tertiary/aromatic N) is 2. The molecule has 0 unspecified atom stereocenters.